The first-order valence-electron chi connectivity index (χ1n) is 7.78. The first-order chi connectivity index (χ1) is 11.4. The highest BCUT2D eigenvalue weighted by atomic mass is 32.2. The van der Waals surface area contributed by atoms with Crippen molar-refractivity contribution in [3.63, 3.8) is 0 Å². The lowest BCUT2D eigenvalue weighted by atomic mass is 10.1. The maximum absolute atomic E-state index is 12.2. The molecule has 24 heavy (non-hydrogen) atoms. The molecule has 0 radical (unpaired) electrons. The minimum atomic E-state index is -3.56. The smallest absolute Gasteiger partial charge is 0.241 e. The molecule has 2 rings (SSSR count). The Hall–Kier alpha value is -2.34. The lowest BCUT2D eigenvalue weighted by Crippen LogP contribution is -2.40. The molecule has 0 saturated heterocycles. The van der Waals surface area contributed by atoms with Crippen molar-refractivity contribution in [3.05, 3.63) is 65.7 Å². The molecule has 0 aliphatic heterocycles. The third-order valence-corrected chi connectivity index (χ3v) is 4.79. The van der Waals surface area contributed by atoms with Crippen LogP contribution in [0.2, 0.25) is 0 Å². The molecule has 5 nitrogen and oxygen atoms in total. The average Bonchev–Trinajstić information content (AvgIpc) is 2.58. The van der Waals surface area contributed by atoms with Crippen LogP contribution in [0.5, 0.6) is 0 Å². The van der Waals surface area contributed by atoms with Gasteiger partial charge in [0.15, 0.2) is 0 Å². The molecule has 0 saturated carbocycles. The zero-order valence-electron chi connectivity index (χ0n) is 13.9. The minimum absolute atomic E-state index is 0.233. The first-order valence-corrected chi connectivity index (χ1v) is 9.63. The van der Waals surface area contributed by atoms with E-state index in [9.17, 15) is 13.2 Å². The number of hydrogen-bond acceptors (Lipinski definition) is 3. The Bertz CT molecular complexity index is 789. The van der Waals surface area contributed by atoms with Crippen LogP contribution < -0.4 is 9.62 Å². The Labute approximate surface area is 143 Å². The zero-order chi connectivity index (χ0) is 17.6. The van der Waals surface area contributed by atoms with Crippen LogP contribution in [0.15, 0.2) is 54.6 Å². The molecule has 6 heteroatoms. The monoisotopic (exact) mass is 346 g/mol. The number of para-hydroxylation sites is 1. The number of rotatable bonds is 7. The number of hydrogen-bond donors (Lipinski definition) is 1. The molecule has 128 valence electrons. The number of carbonyl (C=O) groups is 1. The summed E-state index contributed by atoms with van der Waals surface area (Å²) in [6, 6.07) is 16.7. The standard InChI is InChI=1S/C18H22N2O3S/c1-3-16-11-7-8-12-17(16)20(24(2,22)23)14-18(21)19-13-15-9-5-4-6-10-15/h4-12H,3,13-14H2,1-2H3,(H,19,21). The number of sulfonamides is 1. The van der Waals surface area contributed by atoms with Crippen molar-refractivity contribution in [2.45, 2.75) is 19.9 Å². The molecule has 0 unspecified atom stereocenters. The van der Waals surface area contributed by atoms with Gasteiger partial charge in [0.1, 0.15) is 6.54 Å². The lowest BCUT2D eigenvalue weighted by molar-refractivity contribution is -0.119. The van der Waals surface area contributed by atoms with Crippen molar-refractivity contribution in [1.82, 2.24) is 5.32 Å². The van der Waals surface area contributed by atoms with Crippen LogP contribution in [0, 0.1) is 0 Å². The molecule has 0 spiro atoms. The van der Waals surface area contributed by atoms with Crippen molar-refractivity contribution >= 4 is 21.6 Å². The van der Waals surface area contributed by atoms with Crippen molar-refractivity contribution in [3.8, 4) is 0 Å². The van der Waals surface area contributed by atoms with E-state index in [1.807, 2.05) is 49.4 Å². The fourth-order valence-electron chi connectivity index (χ4n) is 2.42. The third kappa shape index (κ3) is 4.83. The Morgan fingerprint density at radius 2 is 1.67 bits per heavy atom. The third-order valence-electron chi connectivity index (χ3n) is 3.66. The Kier molecular flexibility index (Phi) is 5.98. The van der Waals surface area contributed by atoms with Crippen molar-refractivity contribution < 1.29 is 13.2 Å². The van der Waals surface area contributed by atoms with E-state index < -0.39 is 10.0 Å². The Balaban J connectivity index is 2.13. The van der Waals surface area contributed by atoms with Crippen LogP contribution in [0.1, 0.15) is 18.1 Å². The quantitative estimate of drug-likeness (QED) is 0.837. The topological polar surface area (TPSA) is 66.5 Å². The second-order valence-corrected chi connectivity index (χ2v) is 7.42. The summed E-state index contributed by atoms with van der Waals surface area (Å²) in [5.74, 6) is -0.338. The van der Waals surface area contributed by atoms with Gasteiger partial charge in [-0.3, -0.25) is 9.10 Å². The number of benzene rings is 2. The number of carbonyl (C=O) groups excluding carboxylic acids is 1. The molecule has 0 bridgehead atoms. The maximum Gasteiger partial charge on any atom is 0.241 e. The van der Waals surface area contributed by atoms with Gasteiger partial charge in [0.2, 0.25) is 15.9 Å². The van der Waals surface area contributed by atoms with Gasteiger partial charge in [0, 0.05) is 6.54 Å². The number of amides is 1. The fraction of sp³-hybridized carbons (Fsp3) is 0.278. The second-order valence-electron chi connectivity index (χ2n) is 5.51. The predicted octanol–water partition coefficient (Wildman–Crippen LogP) is 2.33. The number of anilines is 1. The minimum Gasteiger partial charge on any atom is -0.350 e. The van der Waals surface area contributed by atoms with Gasteiger partial charge in [0.05, 0.1) is 11.9 Å². The fourth-order valence-corrected chi connectivity index (χ4v) is 3.30. The molecule has 1 amide bonds. The summed E-state index contributed by atoms with van der Waals surface area (Å²) in [6.45, 7) is 2.09. The van der Waals surface area contributed by atoms with Gasteiger partial charge < -0.3 is 5.32 Å². The van der Waals surface area contributed by atoms with E-state index in [-0.39, 0.29) is 12.5 Å². The van der Waals surface area contributed by atoms with E-state index in [2.05, 4.69) is 5.32 Å². The molecule has 0 aliphatic rings. The largest absolute Gasteiger partial charge is 0.350 e. The molecule has 0 atom stereocenters. The van der Waals surface area contributed by atoms with Gasteiger partial charge in [-0.25, -0.2) is 8.42 Å². The van der Waals surface area contributed by atoms with E-state index in [0.29, 0.717) is 18.7 Å². The van der Waals surface area contributed by atoms with E-state index in [1.165, 1.54) is 0 Å². The van der Waals surface area contributed by atoms with Gasteiger partial charge in [-0.1, -0.05) is 55.5 Å². The molecule has 2 aromatic carbocycles. The van der Waals surface area contributed by atoms with Gasteiger partial charge in [-0.2, -0.15) is 0 Å². The summed E-state index contributed by atoms with van der Waals surface area (Å²) < 4.78 is 25.5. The summed E-state index contributed by atoms with van der Waals surface area (Å²) in [4.78, 5) is 12.2. The van der Waals surface area contributed by atoms with E-state index in [4.69, 9.17) is 0 Å². The van der Waals surface area contributed by atoms with E-state index >= 15 is 0 Å². The average molecular weight is 346 g/mol. The molecule has 1 N–H and O–H groups in total. The Morgan fingerprint density at radius 1 is 1.04 bits per heavy atom. The summed E-state index contributed by atoms with van der Waals surface area (Å²) >= 11 is 0. The SMILES string of the molecule is CCc1ccccc1N(CC(=O)NCc1ccccc1)S(C)(=O)=O. The van der Waals surface area contributed by atoms with Crippen LogP contribution in [-0.2, 0) is 27.8 Å². The van der Waals surface area contributed by atoms with Crippen molar-refractivity contribution in [2.24, 2.45) is 0 Å². The van der Waals surface area contributed by atoms with Gasteiger partial charge in [-0.15, -0.1) is 0 Å². The van der Waals surface area contributed by atoms with Gasteiger partial charge in [0.25, 0.3) is 0 Å². The number of nitrogens with one attached hydrogen (secondary N) is 1. The first kappa shape index (κ1) is 18.0. The maximum atomic E-state index is 12.2. The van der Waals surface area contributed by atoms with Crippen LogP contribution in [0.3, 0.4) is 0 Å². The molecule has 0 fully saturated rings. The van der Waals surface area contributed by atoms with Gasteiger partial charge in [-0.05, 0) is 23.6 Å². The lowest BCUT2D eigenvalue weighted by Gasteiger charge is -2.24. The van der Waals surface area contributed by atoms with Gasteiger partial charge >= 0.3 is 0 Å². The number of aryl methyl sites for hydroxylation is 1. The summed E-state index contributed by atoms with van der Waals surface area (Å²) in [5.41, 5.74) is 2.40. The zero-order valence-corrected chi connectivity index (χ0v) is 14.7. The molecular formula is C18H22N2O3S. The molecular weight excluding hydrogens is 324 g/mol. The van der Waals surface area contributed by atoms with Crippen LogP contribution in [0.25, 0.3) is 0 Å². The number of nitrogens with zero attached hydrogens (tertiary/aromatic N) is 1. The normalized spacial score (nSPS) is 11.1. The van der Waals surface area contributed by atoms with Crippen molar-refractivity contribution in [1.29, 1.82) is 0 Å². The summed E-state index contributed by atoms with van der Waals surface area (Å²) in [5, 5.41) is 2.76. The Morgan fingerprint density at radius 3 is 2.29 bits per heavy atom. The van der Waals surface area contributed by atoms with E-state index in [1.54, 1.807) is 12.1 Å². The molecule has 0 heterocycles. The summed E-state index contributed by atoms with van der Waals surface area (Å²) in [6.07, 6.45) is 1.80. The van der Waals surface area contributed by atoms with Crippen LogP contribution in [0.4, 0.5) is 5.69 Å². The molecule has 2 aromatic rings. The highest BCUT2D eigenvalue weighted by Crippen LogP contribution is 2.23. The molecule has 0 aliphatic carbocycles. The van der Waals surface area contributed by atoms with Crippen LogP contribution in [-0.4, -0.2) is 27.1 Å². The van der Waals surface area contributed by atoms with Crippen molar-refractivity contribution in [2.75, 3.05) is 17.1 Å². The van der Waals surface area contributed by atoms with Crippen LogP contribution >= 0.6 is 0 Å². The van der Waals surface area contributed by atoms with E-state index in [0.717, 1.165) is 21.7 Å². The highest BCUT2D eigenvalue weighted by Gasteiger charge is 2.22. The molecule has 0 aromatic heterocycles. The highest BCUT2D eigenvalue weighted by molar-refractivity contribution is 7.92. The summed E-state index contributed by atoms with van der Waals surface area (Å²) in [7, 11) is -3.56. The second kappa shape index (κ2) is 7.97. The predicted molar refractivity (Wildman–Crippen MR) is 96.3 cm³/mol.